The zero-order chi connectivity index (χ0) is 21.1. The number of rotatable bonds is 6. The van der Waals surface area contributed by atoms with Crippen LogP contribution in [0.3, 0.4) is 0 Å². The largest absolute Gasteiger partial charge is 0.465 e. The van der Waals surface area contributed by atoms with Crippen molar-refractivity contribution in [1.29, 1.82) is 0 Å². The van der Waals surface area contributed by atoms with Crippen LogP contribution in [0.5, 0.6) is 0 Å². The normalized spacial score (nSPS) is 14.2. The molecule has 0 aliphatic carbocycles. The molecule has 0 spiro atoms. The van der Waals surface area contributed by atoms with E-state index in [0.717, 1.165) is 6.42 Å². The van der Waals surface area contributed by atoms with Gasteiger partial charge in [-0.15, -0.1) is 0 Å². The van der Waals surface area contributed by atoms with E-state index in [-0.39, 0.29) is 21.0 Å². The summed E-state index contributed by atoms with van der Waals surface area (Å²) < 4.78 is 59.5. The molecule has 1 aliphatic rings. The second-order valence-corrected chi connectivity index (χ2v) is 9.55. The van der Waals surface area contributed by atoms with E-state index in [0.29, 0.717) is 18.8 Å². The quantitative estimate of drug-likeness (QED) is 0.662. The van der Waals surface area contributed by atoms with Crippen LogP contribution in [0.15, 0.2) is 63.3 Å². The van der Waals surface area contributed by atoms with Crippen LogP contribution >= 0.6 is 0 Å². The van der Waals surface area contributed by atoms with Crippen molar-refractivity contribution in [3.63, 3.8) is 0 Å². The fourth-order valence-corrected chi connectivity index (χ4v) is 4.85. The first-order valence-corrected chi connectivity index (χ1v) is 11.6. The molecule has 3 rings (SSSR count). The van der Waals surface area contributed by atoms with Gasteiger partial charge in [-0.3, -0.25) is 14.4 Å². The lowest BCUT2D eigenvalue weighted by Gasteiger charge is -2.11. The highest BCUT2D eigenvalue weighted by Crippen LogP contribution is 2.20. The lowest BCUT2D eigenvalue weighted by atomic mass is 10.2. The van der Waals surface area contributed by atoms with E-state index in [9.17, 15) is 21.6 Å². The second kappa shape index (κ2) is 8.21. The van der Waals surface area contributed by atoms with E-state index >= 15 is 0 Å². The molecule has 0 unspecified atom stereocenters. The van der Waals surface area contributed by atoms with Crippen LogP contribution < -0.4 is 9.44 Å². The van der Waals surface area contributed by atoms with Gasteiger partial charge in [-0.1, -0.05) is 6.07 Å². The molecule has 0 aromatic heterocycles. The molecule has 1 aliphatic heterocycles. The molecule has 0 radical (unpaired) electrons. The minimum absolute atomic E-state index is 0.0817. The Morgan fingerprint density at radius 3 is 2.28 bits per heavy atom. The number of aliphatic imine (C=N–C) groups is 1. The van der Waals surface area contributed by atoms with Crippen LogP contribution in [0.2, 0.25) is 0 Å². The van der Waals surface area contributed by atoms with E-state index in [4.69, 9.17) is 0 Å². The number of sulfonamides is 2. The molecule has 154 valence electrons. The highest BCUT2D eigenvalue weighted by molar-refractivity contribution is 7.92. The van der Waals surface area contributed by atoms with Gasteiger partial charge in [0.2, 0.25) is 0 Å². The minimum atomic E-state index is -3.99. The number of nitrogens with zero attached hydrogens (tertiary/aromatic N) is 1. The smallest absolute Gasteiger partial charge is 0.337 e. The van der Waals surface area contributed by atoms with Crippen LogP contribution in [0.1, 0.15) is 23.2 Å². The molecule has 0 bridgehead atoms. The summed E-state index contributed by atoms with van der Waals surface area (Å²) in [6.45, 7) is 0.576. The summed E-state index contributed by atoms with van der Waals surface area (Å²) in [5.74, 6) is -0.194. The monoisotopic (exact) mass is 437 g/mol. The fraction of sp³-hybridized carbons (Fsp3) is 0.222. The third kappa shape index (κ3) is 4.93. The maximum atomic E-state index is 12.6. The average molecular weight is 437 g/mol. The molecular formula is C18H19N3O6S2. The third-order valence-electron chi connectivity index (χ3n) is 4.11. The summed E-state index contributed by atoms with van der Waals surface area (Å²) >= 11 is 0. The van der Waals surface area contributed by atoms with Crippen LogP contribution in [-0.2, 0) is 24.8 Å². The van der Waals surface area contributed by atoms with Crippen molar-refractivity contribution >= 4 is 37.5 Å². The molecule has 0 saturated heterocycles. The highest BCUT2D eigenvalue weighted by Gasteiger charge is 2.20. The first-order valence-electron chi connectivity index (χ1n) is 8.59. The van der Waals surface area contributed by atoms with E-state index in [2.05, 4.69) is 19.2 Å². The van der Waals surface area contributed by atoms with Crippen molar-refractivity contribution in [1.82, 2.24) is 4.72 Å². The van der Waals surface area contributed by atoms with Gasteiger partial charge in [0, 0.05) is 13.0 Å². The molecule has 11 heteroatoms. The molecule has 0 atom stereocenters. The molecule has 2 aromatic rings. The van der Waals surface area contributed by atoms with Gasteiger partial charge in [-0.25, -0.2) is 21.6 Å². The van der Waals surface area contributed by atoms with E-state index in [1.165, 1.54) is 55.6 Å². The van der Waals surface area contributed by atoms with Gasteiger partial charge in [-0.2, -0.15) is 0 Å². The lowest BCUT2D eigenvalue weighted by molar-refractivity contribution is 0.0600. The summed E-state index contributed by atoms with van der Waals surface area (Å²) in [6, 6.07) is 10.6. The van der Waals surface area contributed by atoms with Crippen molar-refractivity contribution in [3.05, 3.63) is 54.1 Å². The van der Waals surface area contributed by atoms with Gasteiger partial charge in [-0.05, 0) is 48.9 Å². The topological polar surface area (TPSA) is 131 Å². The number of hydrogen-bond donors (Lipinski definition) is 2. The van der Waals surface area contributed by atoms with Crippen LogP contribution in [0.4, 0.5) is 5.69 Å². The summed E-state index contributed by atoms with van der Waals surface area (Å²) in [5.41, 5.74) is 0.290. The number of nitrogens with one attached hydrogen (secondary N) is 2. The number of ether oxygens (including phenoxy) is 1. The number of benzene rings is 2. The Bertz CT molecular complexity index is 1160. The van der Waals surface area contributed by atoms with Crippen LogP contribution in [0.25, 0.3) is 0 Å². The average Bonchev–Trinajstić information content (AvgIpc) is 3.19. The number of esters is 1. The predicted octanol–water partition coefficient (Wildman–Crippen LogP) is 1.74. The SMILES string of the molecule is COC(=O)c1ccc(S(=O)(=O)Nc2cccc(S(=O)(=O)NC3=NCCC3)c2)cc1. The zero-order valence-electron chi connectivity index (χ0n) is 15.5. The first kappa shape index (κ1) is 20.8. The highest BCUT2D eigenvalue weighted by atomic mass is 32.2. The maximum absolute atomic E-state index is 12.6. The lowest BCUT2D eigenvalue weighted by Crippen LogP contribution is -2.29. The molecule has 0 fully saturated rings. The number of hydrogen-bond acceptors (Lipinski definition) is 7. The number of amidine groups is 1. The predicted molar refractivity (Wildman–Crippen MR) is 107 cm³/mol. The van der Waals surface area contributed by atoms with Crippen molar-refractivity contribution in [3.8, 4) is 0 Å². The standard InChI is InChI=1S/C18H19N3O6S2/c1-27-18(22)13-7-9-15(10-8-13)28(23,24)20-14-4-2-5-16(12-14)29(25,26)21-17-6-3-11-19-17/h2,4-5,7-10,12,20H,3,6,11H2,1H3,(H,19,21). The van der Waals surface area contributed by atoms with Gasteiger partial charge in [0.05, 0.1) is 28.2 Å². The van der Waals surface area contributed by atoms with E-state index in [1.807, 2.05) is 0 Å². The van der Waals surface area contributed by atoms with Crippen molar-refractivity contribution in [2.45, 2.75) is 22.6 Å². The zero-order valence-corrected chi connectivity index (χ0v) is 17.1. The summed E-state index contributed by atoms with van der Waals surface area (Å²) in [6.07, 6.45) is 1.33. The Labute approximate surface area is 168 Å². The number of anilines is 1. The molecular weight excluding hydrogens is 418 g/mol. The molecule has 1 heterocycles. The van der Waals surface area contributed by atoms with Crippen LogP contribution in [-0.4, -0.2) is 42.3 Å². The molecule has 2 N–H and O–H groups in total. The Hall–Kier alpha value is -2.92. The summed E-state index contributed by atoms with van der Waals surface area (Å²) in [5, 5.41) is 0. The Morgan fingerprint density at radius 2 is 1.66 bits per heavy atom. The molecule has 0 amide bonds. The second-order valence-electron chi connectivity index (χ2n) is 6.19. The number of methoxy groups -OCH3 is 1. The summed E-state index contributed by atoms with van der Waals surface area (Å²) in [7, 11) is -6.63. The molecule has 9 nitrogen and oxygen atoms in total. The Balaban J connectivity index is 1.81. The van der Waals surface area contributed by atoms with Gasteiger partial charge in [0.25, 0.3) is 20.0 Å². The van der Waals surface area contributed by atoms with E-state index in [1.54, 1.807) is 0 Å². The number of carbonyl (C=O) groups excluding carboxylic acids is 1. The molecule has 29 heavy (non-hydrogen) atoms. The number of carbonyl (C=O) groups is 1. The third-order valence-corrected chi connectivity index (χ3v) is 6.88. The fourth-order valence-electron chi connectivity index (χ4n) is 2.67. The molecule has 2 aromatic carbocycles. The van der Waals surface area contributed by atoms with Gasteiger partial charge < -0.3 is 4.74 Å². The van der Waals surface area contributed by atoms with Gasteiger partial charge in [0.15, 0.2) is 0 Å². The van der Waals surface area contributed by atoms with E-state index < -0.39 is 26.0 Å². The maximum Gasteiger partial charge on any atom is 0.337 e. The van der Waals surface area contributed by atoms with Crippen molar-refractivity contribution in [2.24, 2.45) is 4.99 Å². The van der Waals surface area contributed by atoms with Crippen LogP contribution in [0, 0.1) is 0 Å². The molecule has 0 saturated carbocycles. The van der Waals surface area contributed by atoms with Crippen molar-refractivity contribution in [2.75, 3.05) is 18.4 Å². The Kier molecular flexibility index (Phi) is 5.89. The summed E-state index contributed by atoms with van der Waals surface area (Å²) in [4.78, 5) is 15.4. The first-order chi connectivity index (χ1) is 13.7. The van der Waals surface area contributed by atoms with Crippen molar-refractivity contribution < 1.29 is 26.4 Å². The minimum Gasteiger partial charge on any atom is -0.465 e. The van der Waals surface area contributed by atoms with Gasteiger partial charge >= 0.3 is 5.97 Å². The van der Waals surface area contributed by atoms with Gasteiger partial charge in [0.1, 0.15) is 5.84 Å². The Morgan fingerprint density at radius 1 is 0.966 bits per heavy atom.